The van der Waals surface area contributed by atoms with Gasteiger partial charge in [0.15, 0.2) is 0 Å². The summed E-state index contributed by atoms with van der Waals surface area (Å²) in [5, 5.41) is 11.9. The highest BCUT2D eigenvalue weighted by Crippen LogP contribution is 2.20. The van der Waals surface area contributed by atoms with Crippen LogP contribution >= 0.6 is 0 Å². The number of carbonyl (C=O) groups is 2. The lowest BCUT2D eigenvalue weighted by Crippen LogP contribution is -2.37. The van der Waals surface area contributed by atoms with E-state index in [2.05, 4.69) is 5.32 Å². The van der Waals surface area contributed by atoms with Crippen molar-refractivity contribution in [2.75, 3.05) is 7.11 Å². The molecule has 2 aromatic rings. The standard InChI is InChI=1S/C21H25NO4/c1-15-8-10-19(26-2)17(12-15)14-20(23)22-18(9-11-21(24)25)13-16-6-4-3-5-7-16/h3-8,10,12,18H,9,11,13-14H2,1-2H3,(H,22,23)(H,24,25). The van der Waals surface area contributed by atoms with Gasteiger partial charge in [0.1, 0.15) is 5.75 Å². The van der Waals surface area contributed by atoms with Crippen molar-refractivity contribution in [2.45, 2.75) is 38.6 Å². The van der Waals surface area contributed by atoms with E-state index in [1.165, 1.54) is 0 Å². The van der Waals surface area contributed by atoms with Gasteiger partial charge in [-0.3, -0.25) is 9.59 Å². The monoisotopic (exact) mass is 355 g/mol. The van der Waals surface area contributed by atoms with Gasteiger partial charge in [0.05, 0.1) is 13.5 Å². The molecule has 0 saturated carbocycles. The molecule has 0 aromatic heterocycles. The maximum Gasteiger partial charge on any atom is 0.303 e. The molecule has 138 valence electrons. The molecule has 0 fully saturated rings. The molecule has 0 spiro atoms. The molecule has 5 nitrogen and oxygen atoms in total. The van der Waals surface area contributed by atoms with Crippen molar-refractivity contribution in [3.8, 4) is 5.75 Å². The fourth-order valence-corrected chi connectivity index (χ4v) is 2.92. The number of ether oxygens (including phenoxy) is 1. The number of aryl methyl sites for hydroxylation is 1. The molecule has 1 atom stereocenters. The van der Waals surface area contributed by atoms with E-state index in [0.29, 0.717) is 18.6 Å². The van der Waals surface area contributed by atoms with Gasteiger partial charge < -0.3 is 15.2 Å². The summed E-state index contributed by atoms with van der Waals surface area (Å²) in [4.78, 5) is 23.4. The first-order valence-corrected chi connectivity index (χ1v) is 8.66. The molecular formula is C21H25NO4. The molecule has 1 amide bonds. The number of benzene rings is 2. The number of methoxy groups -OCH3 is 1. The minimum Gasteiger partial charge on any atom is -0.496 e. The van der Waals surface area contributed by atoms with Crippen LogP contribution in [-0.2, 0) is 22.4 Å². The number of hydrogen-bond acceptors (Lipinski definition) is 3. The van der Waals surface area contributed by atoms with Gasteiger partial charge in [-0.1, -0.05) is 48.0 Å². The zero-order valence-corrected chi connectivity index (χ0v) is 15.2. The lowest BCUT2D eigenvalue weighted by molar-refractivity contribution is -0.137. The number of hydrogen-bond donors (Lipinski definition) is 2. The Morgan fingerprint density at radius 1 is 1.15 bits per heavy atom. The van der Waals surface area contributed by atoms with Crippen molar-refractivity contribution in [1.82, 2.24) is 5.32 Å². The molecule has 0 saturated heterocycles. The Morgan fingerprint density at radius 2 is 1.88 bits per heavy atom. The third kappa shape index (κ3) is 6.24. The highest BCUT2D eigenvalue weighted by atomic mass is 16.5. The third-order valence-electron chi connectivity index (χ3n) is 4.18. The maximum atomic E-state index is 12.5. The zero-order valence-electron chi connectivity index (χ0n) is 15.2. The molecule has 0 aliphatic rings. The van der Waals surface area contributed by atoms with Gasteiger partial charge in [-0.05, 0) is 31.4 Å². The number of carboxylic acids is 1. The van der Waals surface area contributed by atoms with E-state index in [9.17, 15) is 9.59 Å². The second-order valence-corrected chi connectivity index (χ2v) is 6.38. The second-order valence-electron chi connectivity index (χ2n) is 6.38. The lowest BCUT2D eigenvalue weighted by atomic mass is 10.0. The first kappa shape index (κ1) is 19.5. The lowest BCUT2D eigenvalue weighted by Gasteiger charge is -2.19. The number of amides is 1. The Kier molecular flexibility index (Phi) is 7.21. The van der Waals surface area contributed by atoms with Gasteiger partial charge in [0, 0.05) is 18.0 Å². The van der Waals surface area contributed by atoms with Crippen LogP contribution < -0.4 is 10.1 Å². The van der Waals surface area contributed by atoms with Crippen LogP contribution in [0, 0.1) is 6.92 Å². The van der Waals surface area contributed by atoms with Crippen LogP contribution in [0.2, 0.25) is 0 Å². The molecule has 0 aliphatic heterocycles. The van der Waals surface area contributed by atoms with Crippen LogP contribution in [0.3, 0.4) is 0 Å². The first-order chi connectivity index (χ1) is 12.5. The molecule has 2 N–H and O–H groups in total. The van der Waals surface area contributed by atoms with Crippen molar-refractivity contribution in [3.63, 3.8) is 0 Å². The van der Waals surface area contributed by atoms with Crippen molar-refractivity contribution in [1.29, 1.82) is 0 Å². The largest absolute Gasteiger partial charge is 0.496 e. The summed E-state index contributed by atoms with van der Waals surface area (Å²) >= 11 is 0. The Bertz CT molecular complexity index is 743. The minimum absolute atomic E-state index is 0.0194. The first-order valence-electron chi connectivity index (χ1n) is 8.66. The summed E-state index contributed by atoms with van der Waals surface area (Å²) in [6.45, 7) is 1.96. The van der Waals surface area contributed by atoms with Gasteiger partial charge in [-0.25, -0.2) is 0 Å². The third-order valence-corrected chi connectivity index (χ3v) is 4.18. The smallest absolute Gasteiger partial charge is 0.303 e. The zero-order chi connectivity index (χ0) is 18.9. The second kappa shape index (κ2) is 9.61. The van der Waals surface area contributed by atoms with Crippen LogP contribution in [0.5, 0.6) is 5.75 Å². The van der Waals surface area contributed by atoms with Gasteiger partial charge in [-0.2, -0.15) is 0 Å². The van der Waals surface area contributed by atoms with E-state index >= 15 is 0 Å². The van der Waals surface area contributed by atoms with Gasteiger partial charge in [-0.15, -0.1) is 0 Å². The van der Waals surface area contributed by atoms with Crippen molar-refractivity contribution < 1.29 is 19.4 Å². The maximum absolute atomic E-state index is 12.5. The van der Waals surface area contributed by atoms with Crippen LogP contribution in [0.25, 0.3) is 0 Å². The highest BCUT2D eigenvalue weighted by Gasteiger charge is 2.16. The van der Waals surface area contributed by atoms with Crippen molar-refractivity contribution >= 4 is 11.9 Å². The molecule has 0 heterocycles. The quantitative estimate of drug-likeness (QED) is 0.725. The molecule has 2 rings (SSSR count). The fraction of sp³-hybridized carbons (Fsp3) is 0.333. The summed E-state index contributed by atoms with van der Waals surface area (Å²) in [5.74, 6) is -0.325. The van der Waals surface area contributed by atoms with Crippen molar-refractivity contribution in [3.05, 3.63) is 65.2 Å². The van der Waals surface area contributed by atoms with E-state index in [-0.39, 0.29) is 24.8 Å². The number of rotatable bonds is 9. The predicted molar refractivity (Wildman–Crippen MR) is 100 cm³/mol. The van der Waals surface area contributed by atoms with E-state index in [4.69, 9.17) is 9.84 Å². The number of nitrogens with one attached hydrogen (secondary N) is 1. The van der Waals surface area contributed by atoms with E-state index in [1.807, 2.05) is 55.5 Å². The number of carbonyl (C=O) groups excluding carboxylic acids is 1. The number of aliphatic carboxylic acids is 1. The Morgan fingerprint density at radius 3 is 2.54 bits per heavy atom. The van der Waals surface area contributed by atoms with Crippen LogP contribution in [0.1, 0.15) is 29.5 Å². The Balaban J connectivity index is 2.05. The molecule has 1 unspecified atom stereocenters. The molecule has 0 radical (unpaired) electrons. The minimum atomic E-state index is -0.863. The van der Waals surface area contributed by atoms with Gasteiger partial charge in [0.25, 0.3) is 0 Å². The molecule has 0 bridgehead atoms. The van der Waals surface area contributed by atoms with Crippen LogP contribution in [0.4, 0.5) is 0 Å². The normalized spacial score (nSPS) is 11.6. The predicted octanol–water partition coefficient (Wildman–Crippen LogP) is 3.14. The van der Waals surface area contributed by atoms with Crippen LogP contribution in [0.15, 0.2) is 48.5 Å². The summed E-state index contributed by atoms with van der Waals surface area (Å²) < 4.78 is 5.32. The van der Waals surface area contributed by atoms with Crippen LogP contribution in [-0.4, -0.2) is 30.1 Å². The summed E-state index contributed by atoms with van der Waals surface area (Å²) in [6, 6.07) is 15.2. The average Bonchev–Trinajstić information content (AvgIpc) is 2.60. The Labute approximate surface area is 154 Å². The molecular weight excluding hydrogens is 330 g/mol. The van der Waals surface area contributed by atoms with E-state index in [0.717, 1.165) is 16.7 Å². The Hall–Kier alpha value is -2.82. The topological polar surface area (TPSA) is 75.6 Å². The van der Waals surface area contributed by atoms with E-state index < -0.39 is 5.97 Å². The summed E-state index contributed by atoms with van der Waals surface area (Å²) in [7, 11) is 1.58. The van der Waals surface area contributed by atoms with Gasteiger partial charge >= 0.3 is 5.97 Å². The van der Waals surface area contributed by atoms with Crippen molar-refractivity contribution in [2.24, 2.45) is 0 Å². The highest BCUT2D eigenvalue weighted by molar-refractivity contribution is 5.79. The summed E-state index contributed by atoms with van der Waals surface area (Å²) in [6.07, 6.45) is 1.21. The molecule has 2 aromatic carbocycles. The SMILES string of the molecule is COc1ccc(C)cc1CC(=O)NC(CCC(=O)O)Cc1ccccc1. The molecule has 26 heavy (non-hydrogen) atoms. The average molecular weight is 355 g/mol. The fourth-order valence-electron chi connectivity index (χ4n) is 2.92. The number of carboxylic acid groups (broad SMARTS) is 1. The van der Waals surface area contributed by atoms with Gasteiger partial charge in [0.2, 0.25) is 5.91 Å². The van der Waals surface area contributed by atoms with E-state index in [1.54, 1.807) is 7.11 Å². The molecule has 0 aliphatic carbocycles. The summed E-state index contributed by atoms with van der Waals surface area (Å²) in [5.41, 5.74) is 2.94. The molecule has 5 heteroatoms.